The summed E-state index contributed by atoms with van der Waals surface area (Å²) < 4.78 is 4.78. The smallest absolute Gasteiger partial charge is 0.319 e. The number of hydrogen-bond acceptors (Lipinski definition) is 4. The highest BCUT2D eigenvalue weighted by atomic mass is 16.5. The summed E-state index contributed by atoms with van der Waals surface area (Å²) in [6, 6.07) is 0.479. The summed E-state index contributed by atoms with van der Waals surface area (Å²) in [4.78, 5) is 27.6. The molecular formula is C16H30N2O3. The minimum atomic E-state index is -0.183. The van der Waals surface area contributed by atoms with Crippen LogP contribution < -0.4 is 0 Å². The molecule has 0 bridgehead atoms. The van der Waals surface area contributed by atoms with Crippen LogP contribution in [0.5, 0.6) is 0 Å². The predicted molar refractivity (Wildman–Crippen MR) is 83.0 cm³/mol. The van der Waals surface area contributed by atoms with E-state index in [1.165, 1.54) is 20.0 Å². The van der Waals surface area contributed by atoms with Gasteiger partial charge in [0.05, 0.1) is 13.7 Å². The van der Waals surface area contributed by atoms with Crippen LogP contribution in [0.1, 0.15) is 52.4 Å². The molecule has 0 heterocycles. The van der Waals surface area contributed by atoms with Crippen LogP contribution in [0.4, 0.5) is 0 Å². The maximum Gasteiger partial charge on any atom is 0.319 e. The second kappa shape index (κ2) is 9.77. The van der Waals surface area contributed by atoms with E-state index >= 15 is 0 Å². The Morgan fingerprint density at radius 1 is 1.14 bits per heavy atom. The van der Waals surface area contributed by atoms with Crippen LogP contribution in [0.2, 0.25) is 0 Å². The standard InChI is InChI=1S/C16H30N2O3/c1-4-17(5-2)15(19)11-8-12-18(13-16(20)21-3)14-9-6-7-10-14/h14H,4-13H2,1-3H3. The van der Waals surface area contributed by atoms with Gasteiger partial charge in [0, 0.05) is 25.6 Å². The maximum absolute atomic E-state index is 12.0. The SMILES string of the molecule is CCN(CC)C(=O)CCCN(CC(=O)OC)C1CCCC1. The van der Waals surface area contributed by atoms with Gasteiger partial charge >= 0.3 is 5.97 Å². The monoisotopic (exact) mass is 298 g/mol. The van der Waals surface area contributed by atoms with Crippen molar-refractivity contribution in [1.29, 1.82) is 0 Å². The first-order valence-corrected chi connectivity index (χ1v) is 8.21. The number of nitrogens with zero attached hydrogens (tertiary/aromatic N) is 2. The molecule has 5 nitrogen and oxygen atoms in total. The molecule has 0 unspecified atom stereocenters. The van der Waals surface area contributed by atoms with Gasteiger partial charge < -0.3 is 9.64 Å². The average molecular weight is 298 g/mol. The number of ether oxygens (including phenoxy) is 1. The van der Waals surface area contributed by atoms with E-state index in [-0.39, 0.29) is 11.9 Å². The van der Waals surface area contributed by atoms with Crippen molar-refractivity contribution in [2.45, 2.75) is 58.4 Å². The Labute approximate surface area is 128 Å². The molecule has 0 saturated heterocycles. The molecule has 1 rings (SSSR count). The largest absolute Gasteiger partial charge is 0.468 e. The van der Waals surface area contributed by atoms with Crippen molar-refractivity contribution in [3.63, 3.8) is 0 Å². The van der Waals surface area contributed by atoms with E-state index in [0.717, 1.165) is 38.9 Å². The fraction of sp³-hybridized carbons (Fsp3) is 0.875. The average Bonchev–Trinajstić information content (AvgIpc) is 3.01. The zero-order valence-corrected chi connectivity index (χ0v) is 13.8. The molecule has 1 amide bonds. The molecule has 0 aromatic carbocycles. The number of carbonyl (C=O) groups excluding carboxylic acids is 2. The Kier molecular flexibility index (Phi) is 8.35. The van der Waals surface area contributed by atoms with E-state index in [1.54, 1.807) is 0 Å². The summed E-state index contributed by atoms with van der Waals surface area (Å²) in [6.45, 7) is 6.69. The van der Waals surface area contributed by atoms with E-state index in [2.05, 4.69) is 4.90 Å². The van der Waals surface area contributed by atoms with Crippen molar-refractivity contribution < 1.29 is 14.3 Å². The summed E-state index contributed by atoms with van der Waals surface area (Å²) in [5.74, 6) is 0.0291. The Hall–Kier alpha value is -1.10. The molecule has 0 radical (unpaired) electrons. The first-order chi connectivity index (χ1) is 10.1. The molecule has 122 valence electrons. The second-order valence-electron chi connectivity index (χ2n) is 5.65. The van der Waals surface area contributed by atoms with E-state index in [9.17, 15) is 9.59 Å². The molecule has 0 atom stereocenters. The van der Waals surface area contributed by atoms with Gasteiger partial charge in [0.1, 0.15) is 0 Å². The number of carbonyl (C=O) groups is 2. The van der Waals surface area contributed by atoms with Gasteiger partial charge in [-0.3, -0.25) is 14.5 Å². The lowest BCUT2D eigenvalue weighted by atomic mass is 10.1. The van der Waals surface area contributed by atoms with Gasteiger partial charge in [-0.15, -0.1) is 0 Å². The fourth-order valence-corrected chi connectivity index (χ4v) is 3.06. The fourth-order valence-electron chi connectivity index (χ4n) is 3.06. The molecule has 1 aliphatic rings. The van der Waals surface area contributed by atoms with Gasteiger partial charge in [-0.1, -0.05) is 12.8 Å². The molecule has 1 fully saturated rings. The van der Waals surface area contributed by atoms with Crippen LogP contribution in [-0.2, 0) is 14.3 Å². The van der Waals surface area contributed by atoms with Crippen LogP contribution in [0.3, 0.4) is 0 Å². The molecular weight excluding hydrogens is 268 g/mol. The van der Waals surface area contributed by atoms with Gasteiger partial charge in [-0.05, 0) is 39.7 Å². The minimum Gasteiger partial charge on any atom is -0.468 e. The molecule has 0 N–H and O–H groups in total. The summed E-state index contributed by atoms with van der Waals surface area (Å²) in [5, 5.41) is 0. The van der Waals surface area contributed by atoms with Gasteiger partial charge in [0.2, 0.25) is 5.91 Å². The number of methoxy groups -OCH3 is 1. The zero-order valence-electron chi connectivity index (χ0n) is 13.8. The van der Waals surface area contributed by atoms with E-state index in [0.29, 0.717) is 19.0 Å². The molecule has 21 heavy (non-hydrogen) atoms. The predicted octanol–water partition coefficient (Wildman–Crippen LogP) is 2.05. The lowest BCUT2D eigenvalue weighted by molar-refractivity contribution is -0.142. The third-order valence-electron chi connectivity index (χ3n) is 4.35. The van der Waals surface area contributed by atoms with Crippen molar-refractivity contribution in [3.8, 4) is 0 Å². The van der Waals surface area contributed by atoms with Crippen molar-refractivity contribution in [2.24, 2.45) is 0 Å². The Bertz CT molecular complexity index is 323. The highest BCUT2D eigenvalue weighted by Crippen LogP contribution is 2.23. The number of hydrogen-bond donors (Lipinski definition) is 0. The third kappa shape index (κ3) is 6.04. The van der Waals surface area contributed by atoms with E-state index in [4.69, 9.17) is 4.74 Å². The molecule has 0 aliphatic heterocycles. The summed E-state index contributed by atoms with van der Waals surface area (Å²) in [7, 11) is 1.43. The Morgan fingerprint density at radius 3 is 2.29 bits per heavy atom. The van der Waals surface area contributed by atoms with E-state index < -0.39 is 0 Å². The van der Waals surface area contributed by atoms with Gasteiger partial charge in [-0.25, -0.2) is 0 Å². The minimum absolute atomic E-state index is 0.183. The van der Waals surface area contributed by atoms with Crippen molar-refractivity contribution in [2.75, 3.05) is 33.3 Å². The van der Waals surface area contributed by atoms with Crippen LogP contribution in [0.15, 0.2) is 0 Å². The molecule has 1 saturated carbocycles. The molecule has 0 aromatic heterocycles. The Balaban J connectivity index is 2.41. The van der Waals surface area contributed by atoms with Gasteiger partial charge in [-0.2, -0.15) is 0 Å². The highest BCUT2D eigenvalue weighted by Gasteiger charge is 2.24. The quantitative estimate of drug-likeness (QED) is 0.611. The first-order valence-electron chi connectivity index (χ1n) is 8.21. The Morgan fingerprint density at radius 2 is 1.76 bits per heavy atom. The molecule has 0 spiro atoms. The lowest BCUT2D eigenvalue weighted by Gasteiger charge is -2.28. The highest BCUT2D eigenvalue weighted by molar-refractivity contribution is 5.76. The summed E-state index contributed by atoms with van der Waals surface area (Å²) in [6.07, 6.45) is 6.15. The first kappa shape index (κ1) is 18.0. The summed E-state index contributed by atoms with van der Waals surface area (Å²) in [5.41, 5.74) is 0. The molecule has 5 heteroatoms. The number of rotatable bonds is 9. The summed E-state index contributed by atoms with van der Waals surface area (Å²) >= 11 is 0. The van der Waals surface area contributed by atoms with E-state index in [1.807, 2.05) is 18.7 Å². The number of amides is 1. The zero-order chi connectivity index (χ0) is 15.7. The molecule has 1 aliphatic carbocycles. The van der Waals surface area contributed by atoms with Crippen LogP contribution >= 0.6 is 0 Å². The second-order valence-corrected chi connectivity index (χ2v) is 5.65. The normalized spacial score (nSPS) is 15.4. The van der Waals surface area contributed by atoms with Crippen molar-refractivity contribution >= 4 is 11.9 Å². The van der Waals surface area contributed by atoms with Crippen LogP contribution in [0, 0.1) is 0 Å². The topological polar surface area (TPSA) is 49.9 Å². The molecule has 0 aromatic rings. The third-order valence-corrected chi connectivity index (χ3v) is 4.35. The van der Waals surface area contributed by atoms with Crippen LogP contribution in [-0.4, -0.2) is 61.0 Å². The number of esters is 1. The van der Waals surface area contributed by atoms with Gasteiger partial charge in [0.15, 0.2) is 0 Å². The van der Waals surface area contributed by atoms with Crippen molar-refractivity contribution in [3.05, 3.63) is 0 Å². The maximum atomic E-state index is 12.0. The van der Waals surface area contributed by atoms with Crippen LogP contribution in [0.25, 0.3) is 0 Å². The van der Waals surface area contributed by atoms with Crippen molar-refractivity contribution in [1.82, 2.24) is 9.80 Å². The lowest BCUT2D eigenvalue weighted by Crippen LogP contribution is -2.39. The van der Waals surface area contributed by atoms with Gasteiger partial charge in [0.25, 0.3) is 0 Å².